The summed E-state index contributed by atoms with van der Waals surface area (Å²) in [6.45, 7) is 6.39. The van der Waals surface area contributed by atoms with E-state index < -0.39 is 5.91 Å². The van der Waals surface area contributed by atoms with Gasteiger partial charge in [-0.15, -0.1) is 12.4 Å². The SMILES string of the molecule is COc1ccc(CN2CCN(C(C)c3ccc(C(=O)N=C(N)N)cc3Cl)CC2)c(OC)c1OC.Cl. The number of carbonyl (C=O) groups is 1. The molecule has 1 heterocycles. The highest BCUT2D eigenvalue weighted by Crippen LogP contribution is 2.40. The fourth-order valence-electron chi connectivity index (χ4n) is 4.21. The number of nitrogens with zero attached hydrogens (tertiary/aromatic N) is 3. The van der Waals surface area contributed by atoms with Gasteiger partial charge in [-0.05, 0) is 30.7 Å². The number of hydrogen-bond donors (Lipinski definition) is 2. The molecular formula is C24H33Cl2N5O4. The van der Waals surface area contributed by atoms with Gasteiger partial charge in [0.05, 0.1) is 21.3 Å². The fraction of sp³-hybridized carbons (Fsp3) is 0.417. The summed E-state index contributed by atoms with van der Waals surface area (Å²) in [6.07, 6.45) is 0. The molecule has 2 aromatic carbocycles. The molecule has 0 aromatic heterocycles. The maximum absolute atomic E-state index is 12.1. The summed E-state index contributed by atoms with van der Waals surface area (Å²) in [6, 6.07) is 9.19. The minimum Gasteiger partial charge on any atom is -0.493 e. The predicted octanol–water partition coefficient (Wildman–Crippen LogP) is 3.08. The third-order valence-corrected chi connectivity index (χ3v) is 6.39. The highest BCUT2D eigenvalue weighted by atomic mass is 35.5. The van der Waals surface area contributed by atoms with Gasteiger partial charge in [-0.25, -0.2) is 0 Å². The van der Waals surface area contributed by atoms with Crippen molar-refractivity contribution in [3.05, 3.63) is 52.0 Å². The van der Waals surface area contributed by atoms with Gasteiger partial charge in [-0.1, -0.05) is 23.7 Å². The van der Waals surface area contributed by atoms with E-state index in [2.05, 4.69) is 21.7 Å². The average Bonchev–Trinajstić information content (AvgIpc) is 2.83. The molecule has 1 saturated heterocycles. The second kappa shape index (κ2) is 12.8. The van der Waals surface area contributed by atoms with Gasteiger partial charge in [0.15, 0.2) is 17.5 Å². The Kier molecular flexibility index (Phi) is 10.5. The fourth-order valence-corrected chi connectivity index (χ4v) is 4.55. The highest BCUT2D eigenvalue weighted by Gasteiger charge is 2.25. The van der Waals surface area contributed by atoms with Gasteiger partial charge in [0, 0.05) is 54.9 Å². The number of ether oxygens (including phenoxy) is 3. The third kappa shape index (κ3) is 6.70. The summed E-state index contributed by atoms with van der Waals surface area (Å²) in [7, 11) is 4.86. The van der Waals surface area contributed by atoms with Gasteiger partial charge in [-0.3, -0.25) is 14.6 Å². The van der Waals surface area contributed by atoms with Crippen molar-refractivity contribution in [3.63, 3.8) is 0 Å². The Morgan fingerprint density at radius 2 is 1.69 bits per heavy atom. The predicted molar refractivity (Wildman–Crippen MR) is 140 cm³/mol. The number of carbonyl (C=O) groups excluding carboxylic acids is 1. The lowest BCUT2D eigenvalue weighted by Gasteiger charge is -2.38. The molecule has 4 N–H and O–H groups in total. The molecule has 1 aliphatic heterocycles. The molecule has 3 rings (SSSR count). The van der Waals surface area contributed by atoms with Gasteiger partial charge in [-0.2, -0.15) is 4.99 Å². The molecule has 0 radical (unpaired) electrons. The zero-order valence-electron chi connectivity index (χ0n) is 20.4. The van der Waals surface area contributed by atoms with Crippen LogP contribution < -0.4 is 25.7 Å². The molecule has 1 unspecified atom stereocenters. The molecule has 11 heteroatoms. The van der Waals surface area contributed by atoms with Crippen LogP contribution >= 0.6 is 24.0 Å². The summed E-state index contributed by atoms with van der Waals surface area (Å²) in [5, 5.41) is 0.515. The summed E-state index contributed by atoms with van der Waals surface area (Å²) < 4.78 is 16.5. The number of aliphatic imine (C=N–C) groups is 1. The van der Waals surface area contributed by atoms with E-state index in [1.54, 1.807) is 33.5 Å². The van der Waals surface area contributed by atoms with Crippen LogP contribution in [0.2, 0.25) is 5.02 Å². The quantitative estimate of drug-likeness (QED) is 0.399. The Bertz CT molecular complexity index is 1050. The van der Waals surface area contributed by atoms with Crippen LogP contribution in [0.5, 0.6) is 17.2 Å². The van der Waals surface area contributed by atoms with Gasteiger partial charge in [0.25, 0.3) is 5.91 Å². The summed E-state index contributed by atoms with van der Waals surface area (Å²) in [4.78, 5) is 20.4. The van der Waals surface area contributed by atoms with Crippen LogP contribution in [0.25, 0.3) is 0 Å². The molecule has 1 fully saturated rings. The van der Waals surface area contributed by atoms with E-state index in [1.165, 1.54) is 0 Å². The maximum Gasteiger partial charge on any atom is 0.280 e. The largest absolute Gasteiger partial charge is 0.493 e. The van der Waals surface area contributed by atoms with Crippen LogP contribution in [0, 0.1) is 0 Å². The number of nitrogens with two attached hydrogens (primary N) is 2. The molecule has 192 valence electrons. The van der Waals surface area contributed by atoms with Crippen molar-refractivity contribution >= 4 is 35.9 Å². The molecule has 35 heavy (non-hydrogen) atoms. The van der Waals surface area contributed by atoms with E-state index in [-0.39, 0.29) is 24.4 Å². The van der Waals surface area contributed by atoms with E-state index in [4.69, 9.17) is 37.3 Å². The van der Waals surface area contributed by atoms with E-state index in [1.807, 2.05) is 18.2 Å². The Hall–Kier alpha value is -2.72. The zero-order chi connectivity index (χ0) is 24.8. The van der Waals surface area contributed by atoms with E-state index in [9.17, 15) is 4.79 Å². The molecule has 9 nitrogen and oxygen atoms in total. The third-order valence-electron chi connectivity index (χ3n) is 6.06. The topological polar surface area (TPSA) is 116 Å². The maximum atomic E-state index is 12.1. The number of benzene rings is 2. The molecule has 2 aromatic rings. The van der Waals surface area contributed by atoms with Crippen molar-refractivity contribution in [1.29, 1.82) is 0 Å². The number of methoxy groups -OCH3 is 3. The monoisotopic (exact) mass is 525 g/mol. The van der Waals surface area contributed by atoms with Crippen LogP contribution in [0.15, 0.2) is 35.3 Å². The van der Waals surface area contributed by atoms with Crippen molar-refractivity contribution in [2.75, 3.05) is 47.5 Å². The van der Waals surface area contributed by atoms with Crippen LogP contribution in [0.1, 0.15) is 34.5 Å². The average molecular weight is 526 g/mol. The van der Waals surface area contributed by atoms with E-state index in [0.29, 0.717) is 27.8 Å². The van der Waals surface area contributed by atoms with Crippen LogP contribution in [0.4, 0.5) is 0 Å². The standard InChI is InChI=1S/C24H32ClN5O4.ClH/c1-15(18-7-5-16(13-19(18)25)23(31)28-24(26)27)30-11-9-29(10-12-30)14-17-6-8-20(32-2)22(34-4)21(17)33-3;/h5-8,13,15H,9-12,14H2,1-4H3,(H4,26,27,28,31);1H. The number of hydrogen-bond acceptors (Lipinski definition) is 6. The van der Waals surface area contributed by atoms with Crippen LogP contribution in [-0.4, -0.2) is 69.2 Å². The Labute approximate surface area is 217 Å². The molecule has 1 amide bonds. The lowest BCUT2D eigenvalue weighted by atomic mass is 10.0. The van der Waals surface area contributed by atoms with Gasteiger partial charge in [0.1, 0.15) is 0 Å². The second-order valence-corrected chi connectivity index (χ2v) is 8.47. The van der Waals surface area contributed by atoms with Crippen molar-refractivity contribution in [2.45, 2.75) is 19.5 Å². The van der Waals surface area contributed by atoms with E-state index >= 15 is 0 Å². The number of guanidine groups is 1. The number of halogens is 2. The van der Waals surface area contributed by atoms with Crippen molar-refractivity contribution in [2.24, 2.45) is 16.5 Å². The van der Waals surface area contributed by atoms with Gasteiger partial charge < -0.3 is 25.7 Å². The zero-order valence-corrected chi connectivity index (χ0v) is 22.0. The minimum absolute atomic E-state index is 0. The normalized spacial score (nSPS) is 15.0. The molecular weight excluding hydrogens is 493 g/mol. The minimum atomic E-state index is -0.514. The van der Waals surface area contributed by atoms with Crippen molar-refractivity contribution in [3.8, 4) is 17.2 Å². The summed E-state index contributed by atoms with van der Waals surface area (Å²) >= 11 is 6.51. The Morgan fingerprint density at radius 1 is 1.03 bits per heavy atom. The molecule has 0 spiro atoms. The Balaban J connectivity index is 0.00000432. The lowest BCUT2D eigenvalue weighted by Crippen LogP contribution is -2.46. The van der Waals surface area contributed by atoms with Crippen molar-refractivity contribution in [1.82, 2.24) is 9.80 Å². The number of rotatable bonds is 8. The first-order chi connectivity index (χ1) is 16.3. The molecule has 0 bridgehead atoms. The number of piperazine rings is 1. The highest BCUT2D eigenvalue weighted by molar-refractivity contribution is 6.31. The summed E-state index contributed by atoms with van der Waals surface area (Å²) in [5.74, 6) is 1.15. The van der Waals surface area contributed by atoms with E-state index in [0.717, 1.165) is 43.9 Å². The molecule has 0 saturated carbocycles. The molecule has 1 atom stereocenters. The second-order valence-electron chi connectivity index (χ2n) is 8.06. The summed E-state index contributed by atoms with van der Waals surface area (Å²) in [5.41, 5.74) is 12.9. The van der Waals surface area contributed by atoms with Crippen LogP contribution in [0.3, 0.4) is 0 Å². The van der Waals surface area contributed by atoms with Crippen molar-refractivity contribution < 1.29 is 19.0 Å². The van der Waals surface area contributed by atoms with Crippen LogP contribution in [-0.2, 0) is 6.54 Å². The van der Waals surface area contributed by atoms with Gasteiger partial charge in [0.2, 0.25) is 5.75 Å². The first-order valence-corrected chi connectivity index (χ1v) is 11.3. The first-order valence-electron chi connectivity index (χ1n) is 11.0. The Morgan fingerprint density at radius 3 is 2.23 bits per heavy atom. The number of amides is 1. The lowest BCUT2D eigenvalue weighted by molar-refractivity contribution is 0.0971. The van der Waals surface area contributed by atoms with Gasteiger partial charge >= 0.3 is 0 Å². The molecule has 0 aliphatic carbocycles. The molecule has 1 aliphatic rings. The smallest absolute Gasteiger partial charge is 0.280 e. The first kappa shape index (κ1) is 28.5.